The summed E-state index contributed by atoms with van der Waals surface area (Å²) >= 11 is 0. The minimum absolute atomic E-state index is 0. The molecule has 0 bridgehead atoms. The third-order valence-electron chi connectivity index (χ3n) is 1.11. The smallest absolute Gasteiger partial charge is 0.0777 e. The quantitative estimate of drug-likeness (QED) is 0.390. The monoisotopic (exact) mass is 378 g/mol. The zero-order valence-corrected chi connectivity index (χ0v) is 13.4. The Kier molecular flexibility index (Phi) is 20.3. The summed E-state index contributed by atoms with van der Waals surface area (Å²) in [4.78, 5) is 0. The zero-order valence-electron chi connectivity index (χ0n) is 10.4. The second kappa shape index (κ2) is 15.9. The van der Waals surface area contributed by atoms with Gasteiger partial charge < -0.3 is 0 Å². The van der Waals surface area contributed by atoms with Gasteiger partial charge in [0.1, 0.15) is 0 Å². The summed E-state index contributed by atoms with van der Waals surface area (Å²) in [6, 6.07) is 0. The number of halogens is 2. The summed E-state index contributed by atoms with van der Waals surface area (Å²) in [7, 11) is -9.39. The van der Waals surface area contributed by atoms with Crippen LogP contribution in [-0.4, -0.2) is 9.32 Å². The maximum Gasteiger partial charge on any atom is 0.0777 e. The summed E-state index contributed by atoms with van der Waals surface area (Å²) in [6.45, 7) is 0. The van der Waals surface area contributed by atoms with Gasteiger partial charge in [-0.05, 0) is 64.2 Å². The van der Waals surface area contributed by atoms with Gasteiger partial charge in [0.05, 0.1) is 29.8 Å². The molecule has 8 nitrogen and oxygen atoms in total. The van der Waals surface area contributed by atoms with Gasteiger partial charge in [-0.3, -0.25) is 0 Å². The summed E-state index contributed by atoms with van der Waals surface area (Å²) < 4.78 is 65.4. The fourth-order valence-corrected chi connectivity index (χ4v) is 0.642. The fraction of sp³-hybridized carbons (Fsp3) is 0. The Morgan fingerprint density at radius 1 is 0.429 bits per heavy atom. The Balaban J connectivity index is -0.000000202. The average Bonchev–Trinajstić information content (AvgIpc) is 2.92. The summed E-state index contributed by atoms with van der Waals surface area (Å²) in [5.41, 5.74) is 0. The van der Waals surface area contributed by atoms with Crippen LogP contribution in [0.15, 0.2) is 0 Å². The van der Waals surface area contributed by atoms with Crippen molar-refractivity contribution in [3.63, 3.8) is 0 Å². The molecule has 0 heterocycles. The van der Waals surface area contributed by atoms with E-state index < -0.39 is 20.5 Å². The molecule has 2 fully saturated rings. The van der Waals surface area contributed by atoms with E-state index in [2.05, 4.69) is 0 Å². The molecule has 0 spiro atoms. The first kappa shape index (κ1) is 26.9. The largest absolute Gasteiger partial charge is 0.183 e. The van der Waals surface area contributed by atoms with Crippen molar-refractivity contribution < 1.29 is 79.5 Å². The standard InChI is InChI=1S/2C5H5.2ClHO4.Ti/c2*1-2-4-5-3-1;2*2-1(3,4)5;/h2*1-5H;2*(H,2,3,4,5);. The molecular weight excluding hydrogens is 367 g/mol. The van der Waals surface area contributed by atoms with Crippen LogP contribution in [0, 0.1) is 84.7 Å². The molecular formula is C10H12Cl2O8Ti. The van der Waals surface area contributed by atoms with Gasteiger partial charge in [-0.15, -0.1) is 0 Å². The van der Waals surface area contributed by atoms with Crippen LogP contribution in [0.5, 0.6) is 0 Å². The third kappa shape index (κ3) is 62.7. The topological polar surface area (TPSA) is 179 Å². The van der Waals surface area contributed by atoms with Crippen molar-refractivity contribution in [2.75, 3.05) is 0 Å². The molecule has 0 unspecified atom stereocenters. The fourth-order valence-electron chi connectivity index (χ4n) is 0.642. The molecule has 0 aromatic carbocycles. The minimum atomic E-state index is -4.69. The molecule has 2 saturated carbocycles. The van der Waals surface area contributed by atoms with E-state index in [4.69, 9.17) is 37.3 Å². The summed E-state index contributed by atoms with van der Waals surface area (Å²) in [5.74, 6) is 0. The number of rotatable bonds is 0. The van der Waals surface area contributed by atoms with Crippen LogP contribution < -0.4 is 28.0 Å². The van der Waals surface area contributed by atoms with E-state index in [9.17, 15) is 0 Å². The Bertz CT molecular complexity index is 153. The predicted molar refractivity (Wildman–Crippen MR) is 47.4 cm³/mol. The normalized spacial score (nSPS) is 17.1. The van der Waals surface area contributed by atoms with Crippen LogP contribution in [-0.2, 0) is 21.7 Å². The summed E-state index contributed by atoms with van der Waals surface area (Å²) in [6.07, 6.45) is 20.0. The van der Waals surface area contributed by atoms with Crippen LogP contribution in [0.25, 0.3) is 0 Å². The molecule has 11 heteroatoms. The molecule has 118 valence electrons. The van der Waals surface area contributed by atoms with Gasteiger partial charge in [-0.25, -0.2) is 0 Å². The van der Waals surface area contributed by atoms with E-state index in [0.29, 0.717) is 0 Å². The van der Waals surface area contributed by atoms with Crippen molar-refractivity contribution in [3.05, 3.63) is 64.2 Å². The van der Waals surface area contributed by atoms with Gasteiger partial charge in [-0.2, -0.15) is 28.0 Å². The van der Waals surface area contributed by atoms with E-state index in [1.165, 1.54) is 0 Å². The maximum atomic E-state index is 8.60. The molecule has 0 atom stereocenters. The molecule has 2 rings (SSSR count). The SMILES string of the molecule is [CH]1[CH][CH][CH][CH]1.[CH]1[CH][CH][CH][CH]1.[O-][Cl+3]([O-])([O-])O.[O-][Cl+3]([O-])([O-])O.[Ti]. The van der Waals surface area contributed by atoms with Crippen molar-refractivity contribution in [2.24, 2.45) is 0 Å². The van der Waals surface area contributed by atoms with Crippen LogP contribution in [0.1, 0.15) is 0 Å². The van der Waals surface area contributed by atoms with Gasteiger partial charge >= 0.3 is 0 Å². The molecule has 2 aliphatic rings. The Morgan fingerprint density at radius 2 is 0.476 bits per heavy atom. The molecule has 10 radical (unpaired) electrons. The van der Waals surface area contributed by atoms with E-state index in [1.54, 1.807) is 0 Å². The van der Waals surface area contributed by atoms with Crippen molar-refractivity contribution in [1.29, 1.82) is 0 Å². The van der Waals surface area contributed by atoms with Crippen LogP contribution in [0.2, 0.25) is 0 Å². The molecule has 0 saturated heterocycles. The van der Waals surface area contributed by atoms with Crippen molar-refractivity contribution in [1.82, 2.24) is 0 Å². The zero-order chi connectivity index (χ0) is 16.1. The van der Waals surface area contributed by atoms with Gasteiger partial charge in [0.2, 0.25) is 0 Å². The third-order valence-corrected chi connectivity index (χ3v) is 1.11. The van der Waals surface area contributed by atoms with Crippen LogP contribution in [0.4, 0.5) is 0 Å². The van der Waals surface area contributed by atoms with E-state index in [1.807, 2.05) is 64.2 Å². The molecule has 0 aromatic rings. The van der Waals surface area contributed by atoms with Crippen LogP contribution >= 0.6 is 0 Å². The second-order valence-corrected chi connectivity index (χ2v) is 4.30. The predicted octanol–water partition coefficient (Wildman–Crippen LogP) is -6.21. The van der Waals surface area contributed by atoms with Gasteiger partial charge in [0, 0.05) is 21.7 Å². The molecule has 2 N–H and O–H groups in total. The molecule has 21 heavy (non-hydrogen) atoms. The maximum absolute atomic E-state index is 8.60. The first-order valence-corrected chi connectivity index (χ1v) is 7.12. The van der Waals surface area contributed by atoms with E-state index >= 15 is 0 Å². The number of hydrogen-bond acceptors (Lipinski definition) is 8. The van der Waals surface area contributed by atoms with Crippen molar-refractivity contribution in [3.8, 4) is 0 Å². The molecule has 0 aliphatic heterocycles. The Hall–Kier alpha value is 0.974. The first-order valence-electron chi connectivity index (χ1n) is 4.60. The van der Waals surface area contributed by atoms with Crippen molar-refractivity contribution in [2.45, 2.75) is 0 Å². The van der Waals surface area contributed by atoms with Gasteiger partial charge in [0.25, 0.3) is 0 Å². The molecule has 0 aromatic heterocycles. The second-order valence-electron chi connectivity index (χ2n) is 2.72. The minimum Gasteiger partial charge on any atom is -0.183 e. The summed E-state index contributed by atoms with van der Waals surface area (Å²) in [5, 5.41) is 0. The Morgan fingerprint density at radius 3 is 0.524 bits per heavy atom. The van der Waals surface area contributed by atoms with E-state index in [0.717, 1.165) is 0 Å². The van der Waals surface area contributed by atoms with Gasteiger partial charge in [-0.1, -0.05) is 0 Å². The van der Waals surface area contributed by atoms with Gasteiger partial charge in [0.15, 0.2) is 0 Å². The molecule has 0 amide bonds. The van der Waals surface area contributed by atoms with E-state index in [-0.39, 0.29) is 21.7 Å². The first-order chi connectivity index (χ1) is 9.00. The number of hydrogen-bond donors (Lipinski definition) is 2. The Labute approximate surface area is 143 Å². The average molecular weight is 379 g/mol. The van der Waals surface area contributed by atoms with Crippen molar-refractivity contribution >= 4 is 0 Å². The molecule has 2 aliphatic carbocycles. The van der Waals surface area contributed by atoms with Crippen LogP contribution in [0.3, 0.4) is 0 Å².